The lowest BCUT2D eigenvalue weighted by molar-refractivity contribution is 0.0391. The first kappa shape index (κ1) is 19.7. The second kappa shape index (κ2) is 8.81. The zero-order valence-corrected chi connectivity index (χ0v) is 17.3. The molecule has 3 heterocycles. The number of anilines is 1. The van der Waals surface area contributed by atoms with Crippen LogP contribution in [0, 0.1) is 6.92 Å². The molecule has 0 atom stereocenters. The Labute approximate surface area is 173 Å². The van der Waals surface area contributed by atoms with Crippen LogP contribution in [-0.2, 0) is 4.74 Å². The Morgan fingerprint density at radius 1 is 1.31 bits per heavy atom. The fourth-order valence-electron chi connectivity index (χ4n) is 3.28. The van der Waals surface area contributed by atoms with E-state index in [0.717, 1.165) is 48.6 Å². The summed E-state index contributed by atoms with van der Waals surface area (Å²) in [5, 5.41) is 0.636. The van der Waals surface area contributed by atoms with Crippen molar-refractivity contribution in [1.82, 2.24) is 19.9 Å². The van der Waals surface area contributed by atoms with Crippen LogP contribution in [-0.4, -0.2) is 72.3 Å². The maximum absolute atomic E-state index is 13.2. The second-order valence-corrected chi connectivity index (χ2v) is 7.74. The summed E-state index contributed by atoms with van der Waals surface area (Å²) in [7, 11) is 1.63. The molecule has 0 N–H and O–H groups in total. The Balaban J connectivity index is 1.68. The molecule has 2 aromatic heterocycles. The normalized spacial score (nSPS) is 14.8. The van der Waals surface area contributed by atoms with E-state index in [1.54, 1.807) is 18.2 Å². The molecular formula is C20H23N5O3S. The van der Waals surface area contributed by atoms with E-state index in [0.29, 0.717) is 23.1 Å². The average Bonchev–Trinajstić information content (AvgIpc) is 3.21. The lowest BCUT2D eigenvalue weighted by Gasteiger charge is -2.29. The lowest BCUT2D eigenvalue weighted by Crippen LogP contribution is -2.43. The SMILES string of the molecule is COc1ccc(C)c2sc(N(CCN3CCOCC3)C(=O)c3cnccn3)nc12. The number of ether oxygens (including phenoxy) is 2. The molecule has 9 heteroatoms. The molecule has 0 saturated carbocycles. The van der Waals surface area contributed by atoms with Crippen molar-refractivity contribution in [3.05, 3.63) is 42.0 Å². The highest BCUT2D eigenvalue weighted by Gasteiger charge is 2.25. The number of hydrogen-bond acceptors (Lipinski definition) is 8. The predicted molar refractivity (Wildman–Crippen MR) is 112 cm³/mol. The number of aryl methyl sites for hydroxylation is 1. The Bertz CT molecular complexity index is 988. The van der Waals surface area contributed by atoms with Gasteiger partial charge >= 0.3 is 0 Å². The molecule has 29 heavy (non-hydrogen) atoms. The highest BCUT2D eigenvalue weighted by Crippen LogP contribution is 2.36. The summed E-state index contributed by atoms with van der Waals surface area (Å²) in [5.41, 5.74) is 2.18. The molecule has 1 aliphatic rings. The number of nitrogens with zero attached hydrogens (tertiary/aromatic N) is 5. The van der Waals surface area contributed by atoms with Crippen LogP contribution in [0.4, 0.5) is 5.13 Å². The molecule has 1 aliphatic heterocycles. The number of carbonyl (C=O) groups is 1. The number of fused-ring (bicyclic) bond motifs is 1. The molecule has 0 radical (unpaired) electrons. The van der Waals surface area contributed by atoms with Crippen LogP contribution in [0.1, 0.15) is 16.1 Å². The third-order valence-corrected chi connectivity index (χ3v) is 6.13. The van der Waals surface area contributed by atoms with Crippen LogP contribution in [0.3, 0.4) is 0 Å². The summed E-state index contributed by atoms with van der Waals surface area (Å²) in [4.78, 5) is 30.2. The van der Waals surface area contributed by atoms with Gasteiger partial charge in [0, 0.05) is 38.6 Å². The van der Waals surface area contributed by atoms with Crippen molar-refractivity contribution in [1.29, 1.82) is 0 Å². The fourth-order valence-corrected chi connectivity index (χ4v) is 4.35. The van der Waals surface area contributed by atoms with Crippen LogP contribution in [0.5, 0.6) is 5.75 Å². The monoisotopic (exact) mass is 413 g/mol. The van der Waals surface area contributed by atoms with E-state index in [2.05, 4.69) is 14.9 Å². The smallest absolute Gasteiger partial charge is 0.280 e. The van der Waals surface area contributed by atoms with Gasteiger partial charge in [0.15, 0.2) is 5.13 Å². The van der Waals surface area contributed by atoms with E-state index in [1.807, 2.05) is 19.1 Å². The maximum atomic E-state index is 13.2. The third kappa shape index (κ3) is 4.21. The first-order valence-electron chi connectivity index (χ1n) is 9.49. The molecule has 0 unspecified atom stereocenters. The van der Waals surface area contributed by atoms with Crippen molar-refractivity contribution in [2.45, 2.75) is 6.92 Å². The molecule has 4 rings (SSSR count). The minimum atomic E-state index is -0.206. The van der Waals surface area contributed by atoms with E-state index < -0.39 is 0 Å². The Hall–Kier alpha value is -2.62. The maximum Gasteiger partial charge on any atom is 0.280 e. The molecule has 152 valence electrons. The highest BCUT2D eigenvalue weighted by atomic mass is 32.1. The summed E-state index contributed by atoms with van der Waals surface area (Å²) in [6.07, 6.45) is 4.57. The average molecular weight is 414 g/mol. The largest absolute Gasteiger partial charge is 0.494 e. The topological polar surface area (TPSA) is 80.7 Å². The molecule has 0 spiro atoms. The van der Waals surface area contributed by atoms with Gasteiger partial charge in [0.05, 0.1) is 31.2 Å². The van der Waals surface area contributed by atoms with Crippen LogP contribution >= 0.6 is 11.3 Å². The van der Waals surface area contributed by atoms with Crippen molar-refractivity contribution in [2.75, 3.05) is 51.4 Å². The highest BCUT2D eigenvalue weighted by molar-refractivity contribution is 7.22. The predicted octanol–water partition coefficient (Wildman–Crippen LogP) is 2.38. The first-order valence-corrected chi connectivity index (χ1v) is 10.3. The van der Waals surface area contributed by atoms with E-state index in [9.17, 15) is 4.79 Å². The number of amides is 1. The Morgan fingerprint density at radius 3 is 2.86 bits per heavy atom. The molecule has 0 bridgehead atoms. The first-order chi connectivity index (χ1) is 14.2. The van der Waals surface area contributed by atoms with Gasteiger partial charge in [-0.1, -0.05) is 17.4 Å². The number of methoxy groups -OCH3 is 1. The fraction of sp³-hybridized carbons (Fsp3) is 0.400. The molecule has 1 aromatic carbocycles. The Morgan fingerprint density at radius 2 is 2.14 bits per heavy atom. The lowest BCUT2D eigenvalue weighted by atomic mass is 10.2. The summed E-state index contributed by atoms with van der Waals surface area (Å²) < 4.78 is 11.9. The summed E-state index contributed by atoms with van der Waals surface area (Å²) >= 11 is 1.49. The molecule has 1 fully saturated rings. The van der Waals surface area contributed by atoms with Gasteiger partial charge in [0.25, 0.3) is 5.91 Å². The van der Waals surface area contributed by atoms with Crippen molar-refractivity contribution in [2.24, 2.45) is 0 Å². The third-order valence-electron chi connectivity index (χ3n) is 4.91. The van der Waals surface area contributed by atoms with Gasteiger partial charge in [0.2, 0.25) is 0 Å². The molecule has 0 aliphatic carbocycles. The van der Waals surface area contributed by atoms with Crippen LogP contribution in [0.2, 0.25) is 0 Å². The van der Waals surface area contributed by atoms with E-state index in [-0.39, 0.29) is 5.91 Å². The zero-order chi connectivity index (χ0) is 20.2. The summed E-state index contributed by atoms with van der Waals surface area (Å²) in [6, 6.07) is 3.91. The molecular weight excluding hydrogens is 390 g/mol. The van der Waals surface area contributed by atoms with E-state index in [1.165, 1.54) is 23.7 Å². The number of rotatable bonds is 6. The number of morpholine rings is 1. The Kier molecular flexibility index (Phi) is 5.98. The van der Waals surface area contributed by atoms with Crippen molar-refractivity contribution >= 4 is 32.6 Å². The van der Waals surface area contributed by atoms with E-state index >= 15 is 0 Å². The zero-order valence-electron chi connectivity index (χ0n) is 16.5. The molecule has 8 nitrogen and oxygen atoms in total. The van der Waals surface area contributed by atoms with Crippen LogP contribution in [0.25, 0.3) is 10.2 Å². The van der Waals surface area contributed by atoms with Crippen molar-refractivity contribution in [3.8, 4) is 5.75 Å². The van der Waals surface area contributed by atoms with Gasteiger partial charge in [-0.25, -0.2) is 9.97 Å². The second-order valence-electron chi connectivity index (χ2n) is 6.76. The van der Waals surface area contributed by atoms with E-state index in [4.69, 9.17) is 14.5 Å². The number of hydrogen-bond donors (Lipinski definition) is 0. The van der Waals surface area contributed by atoms with Crippen molar-refractivity contribution in [3.63, 3.8) is 0 Å². The number of thiazole rings is 1. The summed E-state index contributed by atoms with van der Waals surface area (Å²) in [6.45, 7) is 6.44. The van der Waals surface area contributed by atoms with Gasteiger partial charge in [-0.3, -0.25) is 19.6 Å². The minimum absolute atomic E-state index is 0.206. The number of aromatic nitrogens is 3. The van der Waals surface area contributed by atoms with Crippen LogP contribution < -0.4 is 9.64 Å². The van der Waals surface area contributed by atoms with Gasteiger partial charge in [-0.05, 0) is 18.6 Å². The minimum Gasteiger partial charge on any atom is -0.494 e. The standard InChI is InChI=1S/C20H23N5O3S/c1-14-3-4-16(27-2)17-18(14)29-20(23-17)25(8-7-24-9-11-28-12-10-24)19(26)15-13-21-5-6-22-15/h3-6,13H,7-12H2,1-2H3. The van der Waals surface area contributed by atoms with Crippen LogP contribution in [0.15, 0.2) is 30.7 Å². The summed E-state index contributed by atoms with van der Waals surface area (Å²) in [5.74, 6) is 0.496. The number of carbonyl (C=O) groups excluding carboxylic acids is 1. The van der Waals surface area contributed by atoms with Gasteiger partial charge < -0.3 is 9.47 Å². The van der Waals surface area contributed by atoms with Gasteiger partial charge in [0.1, 0.15) is 17.0 Å². The number of benzene rings is 1. The van der Waals surface area contributed by atoms with Gasteiger partial charge in [-0.15, -0.1) is 0 Å². The molecule has 1 saturated heterocycles. The molecule has 1 amide bonds. The van der Waals surface area contributed by atoms with Gasteiger partial charge in [-0.2, -0.15) is 0 Å². The quantitative estimate of drug-likeness (QED) is 0.614. The van der Waals surface area contributed by atoms with Crippen molar-refractivity contribution < 1.29 is 14.3 Å². The molecule has 3 aromatic rings.